The highest BCUT2D eigenvalue weighted by atomic mass is 16.6. The third-order valence-electron chi connectivity index (χ3n) is 6.19. The summed E-state index contributed by atoms with van der Waals surface area (Å²) in [5.41, 5.74) is 3.33. The highest BCUT2D eigenvalue weighted by Crippen LogP contribution is 2.28. The van der Waals surface area contributed by atoms with E-state index in [2.05, 4.69) is 0 Å². The molecule has 3 aromatic rings. The number of benzene rings is 3. The Hall–Kier alpha value is -3.44. The number of ether oxygens (including phenoxy) is 2. The monoisotopic (exact) mass is 457 g/mol. The Morgan fingerprint density at radius 1 is 0.912 bits per heavy atom. The van der Waals surface area contributed by atoms with Crippen LogP contribution in [0.5, 0.6) is 0 Å². The lowest BCUT2D eigenvalue weighted by Crippen LogP contribution is -2.40. The molecule has 1 aliphatic rings. The Bertz CT molecular complexity index is 1040. The van der Waals surface area contributed by atoms with Crippen molar-refractivity contribution in [1.29, 1.82) is 0 Å². The number of cyclic esters (lactones) is 1. The molecule has 2 amide bonds. The molecule has 3 aromatic carbocycles. The van der Waals surface area contributed by atoms with E-state index in [-0.39, 0.29) is 30.9 Å². The first-order valence-corrected chi connectivity index (χ1v) is 11.9. The lowest BCUT2D eigenvalue weighted by Gasteiger charge is -2.23. The number of imide groups is 1. The van der Waals surface area contributed by atoms with Crippen molar-refractivity contribution >= 4 is 12.0 Å². The molecule has 4 rings (SSSR count). The summed E-state index contributed by atoms with van der Waals surface area (Å²) in [6.45, 7) is 1.44. The van der Waals surface area contributed by atoms with Gasteiger partial charge < -0.3 is 9.47 Å². The largest absolute Gasteiger partial charge is 0.447 e. The molecule has 1 heterocycles. The van der Waals surface area contributed by atoms with Crippen molar-refractivity contribution in [3.05, 3.63) is 108 Å². The Kier molecular flexibility index (Phi) is 8.47. The lowest BCUT2D eigenvalue weighted by atomic mass is 9.90. The van der Waals surface area contributed by atoms with E-state index in [9.17, 15) is 9.59 Å². The topological polar surface area (TPSA) is 55.8 Å². The van der Waals surface area contributed by atoms with Crippen molar-refractivity contribution in [2.24, 2.45) is 0 Å². The van der Waals surface area contributed by atoms with Crippen LogP contribution in [0.15, 0.2) is 91.0 Å². The van der Waals surface area contributed by atoms with Crippen molar-refractivity contribution in [1.82, 2.24) is 4.90 Å². The molecule has 0 spiro atoms. The number of rotatable bonds is 11. The first-order valence-electron chi connectivity index (χ1n) is 11.9. The zero-order chi connectivity index (χ0) is 23.6. The summed E-state index contributed by atoms with van der Waals surface area (Å²) in [4.78, 5) is 27.1. The summed E-state index contributed by atoms with van der Waals surface area (Å²) in [6, 6.07) is 29.8. The first kappa shape index (κ1) is 23.7. The second kappa shape index (κ2) is 12.1. The van der Waals surface area contributed by atoms with Crippen molar-refractivity contribution in [2.45, 2.75) is 44.2 Å². The van der Waals surface area contributed by atoms with Gasteiger partial charge in [0.2, 0.25) is 5.91 Å². The number of amides is 2. The van der Waals surface area contributed by atoms with Crippen molar-refractivity contribution in [3.63, 3.8) is 0 Å². The maximum atomic E-state index is 13.3. The van der Waals surface area contributed by atoms with Gasteiger partial charge in [-0.15, -0.1) is 0 Å². The zero-order valence-electron chi connectivity index (χ0n) is 19.3. The highest BCUT2D eigenvalue weighted by Gasteiger charge is 2.38. The van der Waals surface area contributed by atoms with E-state index in [4.69, 9.17) is 9.47 Å². The van der Waals surface area contributed by atoms with Crippen molar-refractivity contribution in [2.75, 3.05) is 13.2 Å². The maximum Gasteiger partial charge on any atom is 0.416 e. The van der Waals surface area contributed by atoms with E-state index in [1.165, 1.54) is 4.90 Å². The molecule has 1 fully saturated rings. The minimum atomic E-state index is -0.538. The van der Waals surface area contributed by atoms with Gasteiger partial charge in [0.15, 0.2) is 0 Å². The van der Waals surface area contributed by atoms with Gasteiger partial charge in [-0.05, 0) is 41.9 Å². The molecule has 0 unspecified atom stereocenters. The van der Waals surface area contributed by atoms with Gasteiger partial charge in [0.1, 0.15) is 6.61 Å². The molecule has 2 atom stereocenters. The number of carbonyl (C=O) groups excluding carboxylic acids is 2. The maximum absolute atomic E-state index is 13.3. The third kappa shape index (κ3) is 6.55. The van der Waals surface area contributed by atoms with E-state index in [0.717, 1.165) is 29.5 Å². The standard InChI is InChI=1S/C29H31NO4/c31-28(30-27(22-34-29(30)32)19-23-11-4-1-5-12-23)20-26(25-15-8-3-9-16-25)17-10-18-33-21-24-13-6-2-7-14-24/h1-9,11-16,26-27H,10,17-22H2/t26-,27-/m0/s1. The second-order valence-electron chi connectivity index (χ2n) is 8.68. The normalized spacial score (nSPS) is 16.3. The van der Waals surface area contributed by atoms with Gasteiger partial charge in [-0.2, -0.15) is 0 Å². The van der Waals surface area contributed by atoms with Gasteiger partial charge in [-0.25, -0.2) is 9.69 Å². The van der Waals surface area contributed by atoms with Crippen LogP contribution < -0.4 is 0 Å². The minimum absolute atomic E-state index is 0.0137. The average Bonchev–Trinajstić information content (AvgIpc) is 3.24. The number of hydrogen-bond acceptors (Lipinski definition) is 4. The van der Waals surface area contributed by atoms with Crippen LogP contribution in [0.2, 0.25) is 0 Å². The van der Waals surface area contributed by atoms with Crippen LogP contribution in [0.1, 0.15) is 41.9 Å². The molecule has 176 valence electrons. The fourth-order valence-electron chi connectivity index (χ4n) is 4.42. The molecular weight excluding hydrogens is 426 g/mol. The Morgan fingerprint density at radius 3 is 2.21 bits per heavy atom. The molecule has 0 aromatic heterocycles. The summed E-state index contributed by atoms with van der Waals surface area (Å²) in [5, 5.41) is 0. The van der Waals surface area contributed by atoms with Gasteiger partial charge in [0.05, 0.1) is 12.6 Å². The fraction of sp³-hybridized carbons (Fsp3) is 0.310. The van der Waals surface area contributed by atoms with Gasteiger partial charge in [0.25, 0.3) is 0 Å². The van der Waals surface area contributed by atoms with Crippen LogP contribution in [0.4, 0.5) is 4.79 Å². The van der Waals surface area contributed by atoms with Crippen molar-refractivity contribution < 1.29 is 19.1 Å². The quantitative estimate of drug-likeness (QED) is 0.344. The third-order valence-corrected chi connectivity index (χ3v) is 6.19. The van der Waals surface area contributed by atoms with E-state index < -0.39 is 6.09 Å². The lowest BCUT2D eigenvalue weighted by molar-refractivity contribution is -0.129. The molecule has 0 aliphatic carbocycles. The average molecular weight is 458 g/mol. The van der Waals surface area contributed by atoms with Crippen LogP contribution in [0, 0.1) is 0 Å². The molecule has 0 N–H and O–H groups in total. The van der Waals surface area contributed by atoms with Crippen LogP contribution in [-0.2, 0) is 27.3 Å². The fourth-order valence-corrected chi connectivity index (χ4v) is 4.42. The van der Waals surface area contributed by atoms with Crippen LogP contribution in [0.3, 0.4) is 0 Å². The summed E-state index contributed by atoms with van der Waals surface area (Å²) in [7, 11) is 0. The van der Waals surface area contributed by atoms with Crippen LogP contribution in [-0.4, -0.2) is 36.2 Å². The molecule has 5 heteroatoms. The molecule has 1 saturated heterocycles. The molecule has 1 aliphatic heterocycles. The van der Waals surface area contributed by atoms with Crippen molar-refractivity contribution in [3.8, 4) is 0 Å². The SMILES string of the molecule is O=C(C[C@H](CCCOCc1ccccc1)c1ccccc1)N1C(=O)OC[C@@H]1Cc1ccccc1. The van der Waals surface area contributed by atoms with Gasteiger partial charge >= 0.3 is 6.09 Å². The molecule has 0 saturated carbocycles. The summed E-state index contributed by atoms with van der Waals surface area (Å²) in [5.74, 6) is -0.165. The molecule has 0 bridgehead atoms. The summed E-state index contributed by atoms with van der Waals surface area (Å²) in [6.07, 6.45) is 1.96. The summed E-state index contributed by atoms with van der Waals surface area (Å²) >= 11 is 0. The van der Waals surface area contributed by atoms with Gasteiger partial charge in [-0.3, -0.25) is 4.79 Å². The number of carbonyl (C=O) groups is 2. The van der Waals surface area contributed by atoms with E-state index in [1.54, 1.807) is 0 Å². The number of nitrogens with zero attached hydrogens (tertiary/aromatic N) is 1. The highest BCUT2D eigenvalue weighted by molar-refractivity contribution is 5.94. The Labute approximate surface area is 201 Å². The Morgan fingerprint density at radius 2 is 1.53 bits per heavy atom. The van der Waals surface area contributed by atoms with Crippen LogP contribution in [0.25, 0.3) is 0 Å². The van der Waals surface area contributed by atoms with E-state index >= 15 is 0 Å². The molecule has 5 nitrogen and oxygen atoms in total. The zero-order valence-corrected chi connectivity index (χ0v) is 19.3. The smallest absolute Gasteiger partial charge is 0.416 e. The molecule has 34 heavy (non-hydrogen) atoms. The predicted molar refractivity (Wildman–Crippen MR) is 131 cm³/mol. The Balaban J connectivity index is 1.36. The van der Waals surface area contributed by atoms with Crippen LogP contribution >= 0.6 is 0 Å². The molecule has 0 radical (unpaired) electrons. The number of hydrogen-bond donors (Lipinski definition) is 0. The minimum Gasteiger partial charge on any atom is -0.447 e. The van der Waals surface area contributed by atoms with Gasteiger partial charge in [0, 0.05) is 13.0 Å². The first-order chi connectivity index (χ1) is 16.7. The van der Waals surface area contributed by atoms with Gasteiger partial charge in [-0.1, -0.05) is 91.0 Å². The second-order valence-corrected chi connectivity index (χ2v) is 8.68. The molecular formula is C29H31NO4. The summed E-state index contributed by atoms with van der Waals surface area (Å²) < 4.78 is 11.1. The predicted octanol–water partition coefficient (Wildman–Crippen LogP) is 5.75. The van der Waals surface area contributed by atoms with E-state index in [0.29, 0.717) is 19.6 Å². The van der Waals surface area contributed by atoms with E-state index in [1.807, 2.05) is 91.0 Å².